The van der Waals surface area contributed by atoms with Gasteiger partial charge < -0.3 is 14.2 Å². The molecule has 0 amide bonds. The number of benzene rings is 2. The number of halogens is 5. The molecule has 8 heteroatoms. The van der Waals surface area contributed by atoms with E-state index >= 15 is 0 Å². The third-order valence-electron chi connectivity index (χ3n) is 7.17. The van der Waals surface area contributed by atoms with Crippen molar-refractivity contribution in [3.8, 4) is 5.75 Å². The highest BCUT2D eigenvalue weighted by atomic mass is 19.2. The van der Waals surface area contributed by atoms with E-state index in [1.165, 1.54) is 32.1 Å². The number of unbranched alkanes of at least 4 members (excludes halogenated alkanes) is 1. The van der Waals surface area contributed by atoms with Crippen molar-refractivity contribution in [2.45, 2.75) is 64.8 Å². The van der Waals surface area contributed by atoms with Crippen LogP contribution >= 0.6 is 0 Å². The summed E-state index contributed by atoms with van der Waals surface area (Å²) in [4.78, 5) is 0. The second-order valence-corrected chi connectivity index (χ2v) is 9.66. The van der Waals surface area contributed by atoms with Gasteiger partial charge in [-0.3, -0.25) is 0 Å². The van der Waals surface area contributed by atoms with Crippen LogP contribution in [0.15, 0.2) is 24.3 Å². The van der Waals surface area contributed by atoms with Crippen molar-refractivity contribution < 1.29 is 36.2 Å². The summed E-state index contributed by atoms with van der Waals surface area (Å²) < 4.78 is 85.7. The Morgan fingerprint density at radius 3 is 1.97 bits per heavy atom. The molecule has 0 radical (unpaired) electrons. The zero-order valence-corrected chi connectivity index (χ0v) is 19.8. The summed E-state index contributed by atoms with van der Waals surface area (Å²) >= 11 is 0. The van der Waals surface area contributed by atoms with E-state index in [9.17, 15) is 22.0 Å². The van der Waals surface area contributed by atoms with Crippen molar-refractivity contribution in [2.24, 2.45) is 17.8 Å². The van der Waals surface area contributed by atoms with Gasteiger partial charge in [0, 0.05) is 11.5 Å². The summed E-state index contributed by atoms with van der Waals surface area (Å²) in [6.45, 7) is 2.62. The van der Waals surface area contributed by atoms with Crippen LogP contribution in [0.1, 0.15) is 69.3 Å². The molecule has 1 aliphatic carbocycles. The SMILES string of the molecule is CCCCC1CCC(C2COC(c3cc(F)c(OCc4cc(F)c(F)c(F)c4)c(F)c3)OC2)CC1. The van der Waals surface area contributed by atoms with Crippen LogP contribution in [0.25, 0.3) is 0 Å². The summed E-state index contributed by atoms with van der Waals surface area (Å²) in [7, 11) is 0. The Hall–Kier alpha value is -2.19. The molecule has 2 aliphatic rings. The normalized spacial score (nSPS) is 25.0. The number of rotatable bonds is 8. The predicted molar refractivity (Wildman–Crippen MR) is 120 cm³/mol. The third-order valence-corrected chi connectivity index (χ3v) is 7.17. The molecule has 0 N–H and O–H groups in total. The van der Waals surface area contributed by atoms with Gasteiger partial charge >= 0.3 is 0 Å². The summed E-state index contributed by atoms with van der Waals surface area (Å²) in [5.41, 5.74) is 0.0848. The molecule has 1 saturated heterocycles. The van der Waals surface area contributed by atoms with E-state index in [1.54, 1.807) is 0 Å². The van der Waals surface area contributed by atoms with E-state index in [4.69, 9.17) is 14.2 Å². The molecule has 1 saturated carbocycles. The summed E-state index contributed by atoms with van der Waals surface area (Å²) in [5.74, 6) is -5.50. The van der Waals surface area contributed by atoms with E-state index in [2.05, 4.69) is 6.92 Å². The molecule has 0 aromatic heterocycles. The van der Waals surface area contributed by atoms with Gasteiger partial charge in [0.1, 0.15) is 6.61 Å². The first kappa shape index (κ1) is 25.9. The predicted octanol–water partition coefficient (Wildman–Crippen LogP) is 7.62. The Kier molecular flexibility index (Phi) is 8.65. The molecule has 4 rings (SSSR count). The van der Waals surface area contributed by atoms with Gasteiger partial charge in [-0.2, -0.15) is 0 Å². The first-order chi connectivity index (χ1) is 16.9. The zero-order chi connectivity index (χ0) is 24.9. The Balaban J connectivity index is 1.31. The highest BCUT2D eigenvalue weighted by Crippen LogP contribution is 2.39. The topological polar surface area (TPSA) is 27.7 Å². The average Bonchev–Trinajstić information content (AvgIpc) is 2.86. The fourth-order valence-corrected chi connectivity index (χ4v) is 5.12. The van der Waals surface area contributed by atoms with E-state index in [1.807, 2.05) is 0 Å². The molecular formula is C27H31F5O3. The minimum absolute atomic E-state index is 0.103. The Bertz CT molecular complexity index is 952. The molecular weight excluding hydrogens is 467 g/mol. The molecule has 2 aromatic carbocycles. The Morgan fingerprint density at radius 1 is 0.800 bits per heavy atom. The van der Waals surface area contributed by atoms with Crippen molar-refractivity contribution >= 4 is 0 Å². The number of ether oxygens (including phenoxy) is 3. The van der Waals surface area contributed by atoms with Crippen molar-refractivity contribution in [1.29, 1.82) is 0 Å². The van der Waals surface area contributed by atoms with Crippen molar-refractivity contribution in [3.63, 3.8) is 0 Å². The van der Waals surface area contributed by atoms with Crippen LogP contribution in [0.4, 0.5) is 22.0 Å². The lowest BCUT2D eigenvalue weighted by atomic mass is 9.75. The van der Waals surface area contributed by atoms with Gasteiger partial charge in [0.25, 0.3) is 0 Å². The minimum Gasteiger partial charge on any atom is -0.483 e. The maximum Gasteiger partial charge on any atom is 0.194 e. The van der Waals surface area contributed by atoms with E-state index < -0.39 is 47.7 Å². The second-order valence-electron chi connectivity index (χ2n) is 9.66. The van der Waals surface area contributed by atoms with Crippen LogP contribution in [0, 0.1) is 46.8 Å². The summed E-state index contributed by atoms with van der Waals surface area (Å²) in [6.07, 6.45) is 7.73. The highest BCUT2D eigenvalue weighted by molar-refractivity contribution is 5.32. The molecule has 2 aromatic rings. The molecule has 0 atom stereocenters. The van der Waals surface area contributed by atoms with Gasteiger partial charge in [0.05, 0.1) is 13.2 Å². The Morgan fingerprint density at radius 2 is 1.40 bits per heavy atom. The van der Waals surface area contributed by atoms with E-state index in [0.717, 1.165) is 30.9 Å². The van der Waals surface area contributed by atoms with Crippen molar-refractivity contribution in [3.05, 3.63) is 64.5 Å². The van der Waals surface area contributed by atoms with Crippen LogP contribution in [-0.2, 0) is 16.1 Å². The lowest BCUT2D eigenvalue weighted by Crippen LogP contribution is -2.34. The first-order valence-corrected chi connectivity index (χ1v) is 12.3. The monoisotopic (exact) mass is 498 g/mol. The van der Waals surface area contributed by atoms with Crippen LogP contribution < -0.4 is 4.74 Å². The molecule has 0 unspecified atom stereocenters. The smallest absolute Gasteiger partial charge is 0.194 e. The lowest BCUT2D eigenvalue weighted by Gasteiger charge is -2.38. The fraction of sp³-hybridized carbons (Fsp3) is 0.556. The fourth-order valence-electron chi connectivity index (χ4n) is 5.12. The van der Waals surface area contributed by atoms with Crippen LogP contribution in [0.2, 0.25) is 0 Å². The van der Waals surface area contributed by atoms with Gasteiger partial charge in [0.2, 0.25) is 0 Å². The average molecular weight is 499 g/mol. The highest BCUT2D eigenvalue weighted by Gasteiger charge is 2.33. The zero-order valence-electron chi connectivity index (χ0n) is 19.8. The number of hydrogen-bond donors (Lipinski definition) is 0. The summed E-state index contributed by atoms with van der Waals surface area (Å²) in [5, 5.41) is 0. The molecule has 1 heterocycles. The quantitative estimate of drug-likeness (QED) is 0.277. The molecule has 3 nitrogen and oxygen atoms in total. The molecule has 0 spiro atoms. The summed E-state index contributed by atoms with van der Waals surface area (Å²) in [6, 6.07) is 3.54. The first-order valence-electron chi connectivity index (χ1n) is 12.3. The molecule has 192 valence electrons. The second kappa shape index (κ2) is 11.7. The number of hydrogen-bond acceptors (Lipinski definition) is 3. The molecule has 2 fully saturated rings. The largest absolute Gasteiger partial charge is 0.483 e. The van der Waals surface area contributed by atoms with Gasteiger partial charge in [-0.1, -0.05) is 39.0 Å². The van der Waals surface area contributed by atoms with Gasteiger partial charge in [-0.15, -0.1) is 0 Å². The Labute approximate surface area is 202 Å². The van der Waals surface area contributed by atoms with E-state index in [-0.39, 0.29) is 17.0 Å². The molecule has 35 heavy (non-hydrogen) atoms. The van der Waals surface area contributed by atoms with Crippen LogP contribution in [0.5, 0.6) is 5.75 Å². The standard InChI is InChI=1S/C27H31F5O3/c1-2-3-4-16-5-7-18(8-6-16)20-14-34-27(35-15-20)19-11-23(30)26(24(31)12-19)33-13-17-9-21(28)25(32)22(29)10-17/h9-12,16,18,20,27H,2-8,13-15H2,1H3. The van der Waals surface area contributed by atoms with Gasteiger partial charge in [-0.05, 0) is 54.5 Å². The van der Waals surface area contributed by atoms with Crippen LogP contribution in [-0.4, -0.2) is 13.2 Å². The molecule has 0 bridgehead atoms. The van der Waals surface area contributed by atoms with Gasteiger partial charge in [0.15, 0.2) is 41.1 Å². The van der Waals surface area contributed by atoms with Crippen molar-refractivity contribution in [1.82, 2.24) is 0 Å². The lowest BCUT2D eigenvalue weighted by molar-refractivity contribution is -0.215. The maximum absolute atomic E-state index is 14.6. The third kappa shape index (κ3) is 6.33. The maximum atomic E-state index is 14.6. The van der Waals surface area contributed by atoms with E-state index in [0.29, 0.717) is 31.3 Å². The van der Waals surface area contributed by atoms with Crippen LogP contribution in [0.3, 0.4) is 0 Å². The van der Waals surface area contributed by atoms with Gasteiger partial charge in [-0.25, -0.2) is 22.0 Å². The van der Waals surface area contributed by atoms with Crippen molar-refractivity contribution in [2.75, 3.05) is 13.2 Å². The molecule has 1 aliphatic heterocycles. The minimum atomic E-state index is -1.62.